The maximum Gasteiger partial charge on any atom is 0.241 e. The van der Waals surface area contributed by atoms with Gasteiger partial charge in [-0.1, -0.05) is 5.16 Å². The zero-order valence-electron chi connectivity index (χ0n) is 17.9. The van der Waals surface area contributed by atoms with Crippen LogP contribution in [-0.4, -0.2) is 71.6 Å². The molecule has 31 heavy (non-hydrogen) atoms. The Hall–Kier alpha value is -2.94. The molecular formula is C22H29N5O4. The molecule has 0 radical (unpaired) electrons. The van der Waals surface area contributed by atoms with Gasteiger partial charge in [0.1, 0.15) is 5.75 Å². The molecule has 2 saturated heterocycles. The molecular weight excluding hydrogens is 398 g/mol. The third kappa shape index (κ3) is 5.41. The third-order valence-electron chi connectivity index (χ3n) is 5.90. The lowest BCUT2D eigenvalue weighted by molar-refractivity contribution is -0.129. The Balaban J connectivity index is 1.26. The number of aromatic nitrogens is 2. The predicted octanol–water partition coefficient (Wildman–Crippen LogP) is 1.70. The van der Waals surface area contributed by atoms with Crippen LogP contribution in [0.1, 0.15) is 31.6 Å². The Bertz CT molecular complexity index is 898. The van der Waals surface area contributed by atoms with E-state index in [9.17, 15) is 9.59 Å². The minimum Gasteiger partial charge on any atom is -0.497 e. The number of nitrogens with zero attached hydrogens (tertiary/aromatic N) is 4. The number of ether oxygens (including phenoxy) is 1. The normalized spacial score (nSPS) is 19.6. The van der Waals surface area contributed by atoms with Gasteiger partial charge in [-0.3, -0.25) is 14.5 Å². The van der Waals surface area contributed by atoms with E-state index in [1.165, 1.54) is 0 Å². The highest BCUT2D eigenvalue weighted by atomic mass is 16.5. The Morgan fingerprint density at radius 3 is 2.84 bits per heavy atom. The van der Waals surface area contributed by atoms with Crippen molar-refractivity contribution in [1.82, 2.24) is 25.3 Å². The first kappa shape index (κ1) is 21.3. The van der Waals surface area contributed by atoms with Crippen LogP contribution < -0.4 is 10.1 Å². The molecule has 1 N–H and O–H groups in total. The fourth-order valence-corrected chi connectivity index (χ4v) is 4.18. The van der Waals surface area contributed by atoms with Crippen molar-refractivity contribution >= 4 is 11.8 Å². The van der Waals surface area contributed by atoms with E-state index in [0.717, 1.165) is 43.7 Å². The molecule has 1 atom stereocenters. The van der Waals surface area contributed by atoms with Gasteiger partial charge in [-0.25, -0.2) is 0 Å². The second kappa shape index (κ2) is 9.91. The number of hydrogen-bond acceptors (Lipinski definition) is 7. The highest BCUT2D eigenvalue weighted by Gasteiger charge is 2.27. The van der Waals surface area contributed by atoms with Gasteiger partial charge in [0.2, 0.25) is 23.5 Å². The summed E-state index contributed by atoms with van der Waals surface area (Å²) in [4.78, 5) is 32.8. The zero-order chi connectivity index (χ0) is 21.6. The summed E-state index contributed by atoms with van der Waals surface area (Å²) in [6, 6.07) is 7.51. The van der Waals surface area contributed by atoms with Crippen LogP contribution in [0, 0.1) is 5.92 Å². The van der Waals surface area contributed by atoms with E-state index in [-0.39, 0.29) is 17.7 Å². The van der Waals surface area contributed by atoms with Crippen molar-refractivity contribution in [3.05, 3.63) is 30.2 Å². The second-order valence-corrected chi connectivity index (χ2v) is 8.09. The number of likely N-dealkylation sites (tertiary alicyclic amines) is 2. The van der Waals surface area contributed by atoms with Crippen LogP contribution in [0.4, 0.5) is 0 Å². The summed E-state index contributed by atoms with van der Waals surface area (Å²) >= 11 is 0. The Morgan fingerprint density at radius 2 is 2.10 bits per heavy atom. The smallest absolute Gasteiger partial charge is 0.241 e. The van der Waals surface area contributed by atoms with Gasteiger partial charge in [0.05, 0.1) is 19.6 Å². The highest BCUT2D eigenvalue weighted by molar-refractivity contribution is 5.79. The number of piperidine rings is 1. The van der Waals surface area contributed by atoms with Crippen LogP contribution in [0.3, 0.4) is 0 Å². The second-order valence-electron chi connectivity index (χ2n) is 8.09. The molecule has 2 aliphatic rings. The molecule has 1 aromatic carbocycles. The lowest BCUT2D eigenvalue weighted by atomic mass is 9.97. The van der Waals surface area contributed by atoms with Crippen molar-refractivity contribution in [1.29, 1.82) is 0 Å². The Labute approximate surface area is 181 Å². The summed E-state index contributed by atoms with van der Waals surface area (Å²) in [5.41, 5.74) is 0.864. The van der Waals surface area contributed by atoms with Gasteiger partial charge in [-0.2, -0.15) is 4.98 Å². The van der Waals surface area contributed by atoms with Crippen LogP contribution in [0.2, 0.25) is 0 Å². The van der Waals surface area contributed by atoms with Crippen LogP contribution in [0.5, 0.6) is 5.75 Å². The molecule has 166 valence electrons. The van der Waals surface area contributed by atoms with Gasteiger partial charge >= 0.3 is 0 Å². The first-order chi connectivity index (χ1) is 15.1. The summed E-state index contributed by atoms with van der Waals surface area (Å²) in [5, 5.41) is 7.08. The third-order valence-corrected chi connectivity index (χ3v) is 5.90. The van der Waals surface area contributed by atoms with Crippen LogP contribution >= 0.6 is 0 Å². The van der Waals surface area contributed by atoms with Crippen LogP contribution in [0.25, 0.3) is 11.4 Å². The number of rotatable bonds is 8. The molecule has 3 heterocycles. The van der Waals surface area contributed by atoms with Gasteiger partial charge in [0.25, 0.3) is 0 Å². The molecule has 0 spiro atoms. The van der Waals surface area contributed by atoms with E-state index >= 15 is 0 Å². The molecule has 4 rings (SSSR count). The molecule has 2 amide bonds. The first-order valence-corrected chi connectivity index (χ1v) is 10.9. The standard InChI is InChI=1S/C22H29N5O4/c1-30-18-8-6-16(7-9-18)21-24-19(31-25-21)15-26-11-2-4-17(14-26)22(29)23-10-13-27-12-3-5-20(27)28/h6-9,17H,2-5,10-15H2,1H3,(H,23,29). The predicted molar refractivity (Wildman–Crippen MR) is 113 cm³/mol. The SMILES string of the molecule is COc1ccc(-c2noc(CN3CCCC(C(=O)NCCN4CCCC4=O)C3)n2)cc1. The van der Waals surface area contributed by atoms with E-state index in [2.05, 4.69) is 20.4 Å². The van der Waals surface area contributed by atoms with Gasteiger partial charge in [0, 0.05) is 38.2 Å². The zero-order valence-corrected chi connectivity index (χ0v) is 17.9. The Morgan fingerprint density at radius 1 is 1.26 bits per heavy atom. The van der Waals surface area contributed by atoms with Gasteiger partial charge in [-0.05, 0) is 50.1 Å². The summed E-state index contributed by atoms with van der Waals surface area (Å²) in [6.07, 6.45) is 3.36. The highest BCUT2D eigenvalue weighted by Crippen LogP contribution is 2.22. The summed E-state index contributed by atoms with van der Waals surface area (Å²) in [5.74, 6) is 2.04. The van der Waals surface area contributed by atoms with E-state index in [4.69, 9.17) is 9.26 Å². The monoisotopic (exact) mass is 427 g/mol. The number of carbonyl (C=O) groups is 2. The minimum absolute atomic E-state index is 0.0563. The lowest BCUT2D eigenvalue weighted by Gasteiger charge is -2.31. The molecule has 0 saturated carbocycles. The van der Waals surface area contributed by atoms with Crippen molar-refractivity contribution in [2.75, 3.05) is 39.8 Å². The maximum absolute atomic E-state index is 12.6. The van der Waals surface area contributed by atoms with Crippen LogP contribution in [-0.2, 0) is 16.1 Å². The van der Waals surface area contributed by atoms with Crippen molar-refractivity contribution in [3.63, 3.8) is 0 Å². The molecule has 0 aliphatic carbocycles. The van der Waals surface area contributed by atoms with Crippen molar-refractivity contribution < 1.29 is 18.8 Å². The van der Waals surface area contributed by atoms with E-state index in [0.29, 0.717) is 44.3 Å². The fraction of sp³-hybridized carbons (Fsp3) is 0.545. The minimum atomic E-state index is -0.0630. The number of methoxy groups -OCH3 is 1. The molecule has 1 unspecified atom stereocenters. The number of hydrogen-bond donors (Lipinski definition) is 1. The topological polar surface area (TPSA) is 101 Å². The van der Waals surface area contributed by atoms with Gasteiger partial charge in [0.15, 0.2) is 0 Å². The van der Waals surface area contributed by atoms with Crippen molar-refractivity contribution in [3.8, 4) is 17.1 Å². The average Bonchev–Trinajstić information content (AvgIpc) is 3.43. The summed E-state index contributed by atoms with van der Waals surface area (Å²) in [7, 11) is 1.63. The first-order valence-electron chi connectivity index (χ1n) is 10.9. The molecule has 0 bridgehead atoms. The van der Waals surface area contributed by atoms with Crippen molar-refractivity contribution in [2.45, 2.75) is 32.2 Å². The number of benzene rings is 1. The quantitative estimate of drug-likeness (QED) is 0.684. The summed E-state index contributed by atoms with van der Waals surface area (Å²) in [6.45, 7) is 3.98. The van der Waals surface area contributed by atoms with E-state index in [1.54, 1.807) is 7.11 Å². The van der Waals surface area contributed by atoms with E-state index < -0.39 is 0 Å². The van der Waals surface area contributed by atoms with E-state index in [1.807, 2.05) is 29.2 Å². The number of nitrogens with one attached hydrogen (secondary N) is 1. The van der Waals surface area contributed by atoms with Crippen LogP contribution in [0.15, 0.2) is 28.8 Å². The molecule has 9 nitrogen and oxygen atoms in total. The number of amides is 2. The van der Waals surface area contributed by atoms with Gasteiger partial charge < -0.3 is 19.5 Å². The summed E-state index contributed by atoms with van der Waals surface area (Å²) < 4.78 is 10.6. The fourth-order valence-electron chi connectivity index (χ4n) is 4.18. The van der Waals surface area contributed by atoms with Gasteiger partial charge in [-0.15, -0.1) is 0 Å². The average molecular weight is 428 g/mol. The molecule has 9 heteroatoms. The molecule has 1 aromatic heterocycles. The number of carbonyl (C=O) groups excluding carboxylic acids is 2. The van der Waals surface area contributed by atoms with Crippen molar-refractivity contribution in [2.24, 2.45) is 5.92 Å². The largest absolute Gasteiger partial charge is 0.497 e. The Kier molecular flexibility index (Phi) is 6.81. The molecule has 2 aliphatic heterocycles. The lowest BCUT2D eigenvalue weighted by Crippen LogP contribution is -2.44. The molecule has 2 fully saturated rings. The maximum atomic E-state index is 12.6. The molecule has 2 aromatic rings.